The van der Waals surface area contributed by atoms with Crippen molar-refractivity contribution in [2.24, 2.45) is 4.99 Å². The third-order valence-electron chi connectivity index (χ3n) is 5.80. The summed E-state index contributed by atoms with van der Waals surface area (Å²) in [5.74, 6) is -0.0646. The molecule has 0 bridgehead atoms. The average molecular weight is 438 g/mol. The van der Waals surface area contributed by atoms with Gasteiger partial charge in [0.15, 0.2) is 5.82 Å². The standard InChI is InChI=1S/C23H21ClFN5O/c24-16-6-3-5-15(13-16)22-21-17(25)7-4-8-19(21)30-20(14-26-22)28-27-18(23(30)31)9-12-29-10-1-2-11-29/h3-8,13H,1-2,9-12,14H2. The number of likely N-dealkylation sites (tertiary alicyclic amines) is 1. The summed E-state index contributed by atoms with van der Waals surface area (Å²) in [5, 5.41) is 9.03. The van der Waals surface area contributed by atoms with Crippen molar-refractivity contribution in [3.8, 4) is 5.69 Å². The zero-order chi connectivity index (χ0) is 21.4. The van der Waals surface area contributed by atoms with Crippen LogP contribution in [0.15, 0.2) is 52.3 Å². The molecule has 6 nitrogen and oxygen atoms in total. The molecule has 2 aliphatic heterocycles. The molecular weight excluding hydrogens is 417 g/mol. The van der Waals surface area contributed by atoms with E-state index in [2.05, 4.69) is 20.1 Å². The van der Waals surface area contributed by atoms with Gasteiger partial charge in [-0.1, -0.05) is 29.8 Å². The summed E-state index contributed by atoms with van der Waals surface area (Å²) in [7, 11) is 0. The normalized spacial score (nSPS) is 15.9. The topological polar surface area (TPSA) is 63.4 Å². The lowest BCUT2D eigenvalue weighted by Crippen LogP contribution is -2.31. The fourth-order valence-electron chi connectivity index (χ4n) is 4.26. The Morgan fingerprint density at radius 2 is 1.87 bits per heavy atom. The molecule has 0 amide bonds. The minimum Gasteiger partial charge on any atom is -0.303 e. The fourth-order valence-corrected chi connectivity index (χ4v) is 4.45. The number of aromatic nitrogens is 3. The van der Waals surface area contributed by atoms with Crippen molar-refractivity contribution in [1.29, 1.82) is 0 Å². The second kappa shape index (κ2) is 8.32. The van der Waals surface area contributed by atoms with Crippen LogP contribution in [0.4, 0.5) is 4.39 Å². The summed E-state index contributed by atoms with van der Waals surface area (Å²) in [6, 6.07) is 11.8. The molecule has 2 aliphatic rings. The minimum absolute atomic E-state index is 0.116. The van der Waals surface area contributed by atoms with Gasteiger partial charge in [0.25, 0.3) is 5.56 Å². The summed E-state index contributed by atoms with van der Waals surface area (Å²) in [5.41, 5.74) is 1.94. The Kier molecular flexibility index (Phi) is 5.38. The van der Waals surface area contributed by atoms with E-state index in [4.69, 9.17) is 11.6 Å². The largest absolute Gasteiger partial charge is 0.303 e. The average Bonchev–Trinajstić information content (AvgIpc) is 3.21. The second-order valence-electron chi connectivity index (χ2n) is 7.81. The quantitative estimate of drug-likeness (QED) is 0.627. The summed E-state index contributed by atoms with van der Waals surface area (Å²) < 4.78 is 16.6. The van der Waals surface area contributed by atoms with Gasteiger partial charge in [-0.2, -0.15) is 0 Å². The van der Waals surface area contributed by atoms with Crippen LogP contribution in [0.25, 0.3) is 5.69 Å². The SMILES string of the molecule is O=c1c(CCN2CCCC2)nnc2n1-c1cccc(F)c1C(c1cccc(Cl)c1)=NC2. The maximum absolute atomic E-state index is 15.1. The van der Waals surface area contributed by atoms with Crippen LogP contribution in [0.5, 0.6) is 0 Å². The van der Waals surface area contributed by atoms with Gasteiger partial charge in [0.1, 0.15) is 18.1 Å². The van der Waals surface area contributed by atoms with Crippen LogP contribution in [-0.2, 0) is 13.0 Å². The highest BCUT2D eigenvalue weighted by Gasteiger charge is 2.25. The van der Waals surface area contributed by atoms with Crippen molar-refractivity contribution < 1.29 is 4.39 Å². The van der Waals surface area contributed by atoms with E-state index in [1.165, 1.54) is 23.5 Å². The van der Waals surface area contributed by atoms with Crippen molar-refractivity contribution in [2.45, 2.75) is 25.8 Å². The smallest absolute Gasteiger partial charge is 0.280 e. The van der Waals surface area contributed by atoms with E-state index in [-0.39, 0.29) is 17.7 Å². The van der Waals surface area contributed by atoms with Gasteiger partial charge in [-0.3, -0.25) is 14.4 Å². The van der Waals surface area contributed by atoms with Crippen molar-refractivity contribution in [2.75, 3.05) is 19.6 Å². The van der Waals surface area contributed by atoms with Gasteiger partial charge in [0.05, 0.1) is 17.0 Å². The fraction of sp³-hybridized carbons (Fsp3) is 0.304. The molecule has 0 radical (unpaired) electrons. The molecule has 0 spiro atoms. The monoisotopic (exact) mass is 437 g/mol. The Morgan fingerprint density at radius 3 is 2.68 bits per heavy atom. The first-order valence-corrected chi connectivity index (χ1v) is 10.8. The number of aliphatic imine (C=N–C) groups is 1. The van der Waals surface area contributed by atoms with Gasteiger partial charge < -0.3 is 4.90 Å². The molecule has 8 heteroatoms. The predicted molar refractivity (Wildman–Crippen MR) is 118 cm³/mol. The number of rotatable bonds is 4. The minimum atomic E-state index is -0.452. The van der Waals surface area contributed by atoms with E-state index in [1.807, 2.05) is 6.07 Å². The van der Waals surface area contributed by atoms with E-state index >= 15 is 4.39 Å². The number of fused-ring (bicyclic) bond motifs is 3. The number of hydrogen-bond donors (Lipinski definition) is 0. The van der Waals surface area contributed by atoms with E-state index in [0.717, 1.165) is 19.6 Å². The molecule has 0 unspecified atom stereocenters. The molecule has 3 heterocycles. The van der Waals surface area contributed by atoms with Gasteiger partial charge in [-0.25, -0.2) is 4.39 Å². The molecule has 5 rings (SSSR count). The number of benzene rings is 2. The van der Waals surface area contributed by atoms with Crippen LogP contribution in [0.1, 0.15) is 35.5 Å². The Labute approximate surface area is 184 Å². The van der Waals surface area contributed by atoms with Gasteiger partial charge in [0, 0.05) is 23.6 Å². The third kappa shape index (κ3) is 3.79. The van der Waals surface area contributed by atoms with Crippen LogP contribution in [0.3, 0.4) is 0 Å². The second-order valence-corrected chi connectivity index (χ2v) is 8.25. The van der Waals surface area contributed by atoms with E-state index in [1.54, 1.807) is 30.3 Å². The Hall–Kier alpha value is -2.90. The first-order chi connectivity index (χ1) is 15.1. The summed E-state index contributed by atoms with van der Waals surface area (Å²) in [6.45, 7) is 2.98. The van der Waals surface area contributed by atoms with Crippen molar-refractivity contribution in [3.05, 3.63) is 86.3 Å². The van der Waals surface area contributed by atoms with Crippen LogP contribution < -0.4 is 5.56 Å². The summed E-state index contributed by atoms with van der Waals surface area (Å²) in [6.07, 6.45) is 2.88. The van der Waals surface area contributed by atoms with E-state index in [9.17, 15) is 4.79 Å². The number of halogens is 2. The first kappa shape index (κ1) is 20.0. The highest BCUT2D eigenvalue weighted by Crippen LogP contribution is 2.26. The van der Waals surface area contributed by atoms with Crippen molar-refractivity contribution in [1.82, 2.24) is 19.7 Å². The molecule has 0 atom stereocenters. The highest BCUT2D eigenvalue weighted by atomic mass is 35.5. The van der Waals surface area contributed by atoms with E-state index in [0.29, 0.717) is 39.9 Å². The van der Waals surface area contributed by atoms with Gasteiger partial charge >= 0.3 is 0 Å². The zero-order valence-electron chi connectivity index (χ0n) is 16.9. The van der Waals surface area contributed by atoms with Crippen molar-refractivity contribution >= 4 is 17.3 Å². The van der Waals surface area contributed by atoms with Crippen LogP contribution >= 0.6 is 11.6 Å². The Balaban J connectivity index is 1.62. The number of nitrogens with zero attached hydrogens (tertiary/aromatic N) is 5. The molecule has 1 fully saturated rings. The molecule has 2 aromatic carbocycles. The highest BCUT2D eigenvalue weighted by molar-refractivity contribution is 6.31. The van der Waals surface area contributed by atoms with Crippen LogP contribution in [0, 0.1) is 5.82 Å². The van der Waals surface area contributed by atoms with Gasteiger partial charge in [-0.15, -0.1) is 10.2 Å². The molecule has 3 aromatic rings. The zero-order valence-corrected chi connectivity index (χ0v) is 17.6. The molecule has 31 heavy (non-hydrogen) atoms. The van der Waals surface area contributed by atoms with Crippen molar-refractivity contribution in [3.63, 3.8) is 0 Å². The van der Waals surface area contributed by atoms with Crippen LogP contribution in [-0.4, -0.2) is 45.0 Å². The van der Waals surface area contributed by atoms with Crippen LogP contribution in [0.2, 0.25) is 5.02 Å². The lowest BCUT2D eigenvalue weighted by molar-refractivity contribution is 0.341. The Morgan fingerprint density at radius 1 is 1.06 bits per heavy atom. The third-order valence-corrected chi connectivity index (χ3v) is 6.04. The van der Waals surface area contributed by atoms with Gasteiger partial charge in [-0.05, 0) is 50.2 Å². The molecule has 0 N–H and O–H groups in total. The molecule has 0 aliphatic carbocycles. The maximum Gasteiger partial charge on any atom is 0.280 e. The summed E-state index contributed by atoms with van der Waals surface area (Å²) >= 11 is 6.17. The lowest BCUT2D eigenvalue weighted by atomic mass is 10.00. The van der Waals surface area contributed by atoms with Gasteiger partial charge in [0.2, 0.25) is 0 Å². The predicted octanol–water partition coefficient (Wildman–Crippen LogP) is 3.41. The molecule has 0 saturated carbocycles. The molecule has 158 valence electrons. The first-order valence-electron chi connectivity index (χ1n) is 10.4. The Bertz CT molecular complexity index is 1230. The molecular formula is C23H21ClFN5O. The summed E-state index contributed by atoms with van der Waals surface area (Å²) in [4.78, 5) is 20.3. The number of hydrogen-bond acceptors (Lipinski definition) is 5. The molecule has 1 saturated heterocycles. The lowest BCUT2D eigenvalue weighted by Gasteiger charge is -2.16. The van der Waals surface area contributed by atoms with E-state index < -0.39 is 5.82 Å². The maximum atomic E-state index is 15.1. The molecule has 1 aromatic heterocycles.